The first-order valence-corrected chi connectivity index (χ1v) is 10.3. The zero-order chi connectivity index (χ0) is 22.6. The highest BCUT2D eigenvalue weighted by Crippen LogP contribution is 2.18. The average Bonchev–Trinajstić information content (AvgIpc) is 2.82. The Bertz CT molecular complexity index is 1020. The Hall–Kier alpha value is -3.84. The third-order valence-electron chi connectivity index (χ3n) is 4.31. The first kappa shape index (κ1) is 22.8. The summed E-state index contributed by atoms with van der Waals surface area (Å²) in [5.74, 6) is 0.634. The molecule has 3 rings (SSSR count). The predicted octanol–water partition coefficient (Wildman–Crippen LogP) is 4.37. The van der Waals surface area contributed by atoms with Crippen molar-refractivity contribution in [1.82, 2.24) is 0 Å². The second-order valence-corrected chi connectivity index (χ2v) is 6.76. The summed E-state index contributed by atoms with van der Waals surface area (Å²) in [7, 11) is 0. The summed E-state index contributed by atoms with van der Waals surface area (Å²) in [5, 5.41) is 5.59. The van der Waals surface area contributed by atoms with Gasteiger partial charge in [-0.1, -0.05) is 30.3 Å². The van der Waals surface area contributed by atoms with E-state index >= 15 is 0 Å². The number of para-hydroxylation sites is 1. The van der Waals surface area contributed by atoms with Gasteiger partial charge in [-0.15, -0.1) is 0 Å². The lowest BCUT2D eigenvalue weighted by atomic mass is 10.2. The summed E-state index contributed by atoms with van der Waals surface area (Å²) >= 11 is 0. The lowest BCUT2D eigenvalue weighted by molar-refractivity contribution is -0.118. The van der Waals surface area contributed by atoms with Crippen LogP contribution in [0.3, 0.4) is 0 Å². The van der Waals surface area contributed by atoms with Crippen LogP contribution < -0.4 is 20.1 Å². The maximum absolute atomic E-state index is 12.6. The smallest absolute Gasteiger partial charge is 0.262 e. The van der Waals surface area contributed by atoms with Gasteiger partial charge in [0.05, 0.1) is 6.61 Å². The molecular formula is C25H26N2O5. The first-order valence-electron chi connectivity index (χ1n) is 10.3. The van der Waals surface area contributed by atoms with Crippen molar-refractivity contribution in [3.8, 4) is 11.5 Å². The minimum atomic E-state index is -0.297. The number of rotatable bonds is 11. The number of ether oxygens (including phenoxy) is 3. The molecule has 0 unspecified atom stereocenters. The molecule has 0 saturated carbocycles. The SMILES string of the molecule is CCOCCOc1cccc(C(=O)Nc2cccc(NC(=O)COc3ccccc3)c2)c1. The van der Waals surface area contributed by atoms with Crippen LogP contribution in [-0.4, -0.2) is 38.2 Å². The molecule has 3 aromatic rings. The van der Waals surface area contributed by atoms with Gasteiger partial charge in [-0.3, -0.25) is 9.59 Å². The van der Waals surface area contributed by atoms with Crippen molar-refractivity contribution in [2.24, 2.45) is 0 Å². The lowest BCUT2D eigenvalue weighted by Crippen LogP contribution is -2.20. The summed E-state index contributed by atoms with van der Waals surface area (Å²) in [6.45, 7) is 3.34. The first-order chi connectivity index (χ1) is 15.6. The molecule has 0 aliphatic heterocycles. The Kier molecular flexibility index (Phi) is 8.65. The van der Waals surface area contributed by atoms with E-state index in [2.05, 4.69) is 10.6 Å². The molecule has 0 aliphatic carbocycles. The molecule has 0 atom stereocenters. The van der Waals surface area contributed by atoms with Crippen molar-refractivity contribution in [2.75, 3.05) is 37.1 Å². The number of amides is 2. The third-order valence-corrected chi connectivity index (χ3v) is 4.31. The van der Waals surface area contributed by atoms with Gasteiger partial charge in [0, 0.05) is 23.5 Å². The van der Waals surface area contributed by atoms with Crippen LogP contribution in [0.2, 0.25) is 0 Å². The summed E-state index contributed by atoms with van der Waals surface area (Å²) in [5.41, 5.74) is 1.57. The van der Waals surface area contributed by atoms with E-state index in [0.717, 1.165) is 0 Å². The molecule has 0 saturated heterocycles. The minimum Gasteiger partial charge on any atom is -0.491 e. The van der Waals surface area contributed by atoms with Gasteiger partial charge in [0.15, 0.2) is 6.61 Å². The largest absolute Gasteiger partial charge is 0.491 e. The molecular weight excluding hydrogens is 408 g/mol. The molecule has 3 aromatic carbocycles. The Morgan fingerprint density at radius 2 is 1.47 bits per heavy atom. The Morgan fingerprint density at radius 3 is 2.25 bits per heavy atom. The zero-order valence-corrected chi connectivity index (χ0v) is 17.9. The van der Waals surface area contributed by atoms with Gasteiger partial charge in [0.25, 0.3) is 11.8 Å². The molecule has 0 heterocycles. The van der Waals surface area contributed by atoms with Crippen molar-refractivity contribution in [1.29, 1.82) is 0 Å². The Balaban J connectivity index is 1.53. The van der Waals surface area contributed by atoms with E-state index in [0.29, 0.717) is 48.3 Å². The molecule has 0 radical (unpaired) electrons. The quantitative estimate of drug-likeness (QED) is 0.438. The summed E-state index contributed by atoms with van der Waals surface area (Å²) < 4.78 is 16.3. The van der Waals surface area contributed by atoms with Gasteiger partial charge in [-0.25, -0.2) is 0 Å². The summed E-state index contributed by atoms with van der Waals surface area (Å²) in [6, 6.07) is 22.9. The fourth-order valence-electron chi connectivity index (χ4n) is 2.83. The molecule has 0 fully saturated rings. The van der Waals surface area contributed by atoms with Crippen molar-refractivity contribution < 1.29 is 23.8 Å². The lowest BCUT2D eigenvalue weighted by Gasteiger charge is -2.11. The van der Waals surface area contributed by atoms with Crippen LogP contribution in [0.4, 0.5) is 11.4 Å². The van der Waals surface area contributed by atoms with E-state index in [-0.39, 0.29) is 18.4 Å². The Morgan fingerprint density at radius 1 is 0.750 bits per heavy atom. The van der Waals surface area contributed by atoms with Crippen LogP contribution in [-0.2, 0) is 9.53 Å². The standard InChI is InChI=1S/C25H26N2O5/c1-2-30-14-15-31-23-13-6-8-19(16-23)25(29)27-21-10-7-9-20(17-21)26-24(28)18-32-22-11-4-3-5-12-22/h3-13,16-17H,2,14-15,18H2,1H3,(H,26,28)(H,27,29). The molecule has 7 heteroatoms. The van der Waals surface area contributed by atoms with Crippen LogP contribution >= 0.6 is 0 Å². The maximum Gasteiger partial charge on any atom is 0.262 e. The van der Waals surface area contributed by atoms with Crippen molar-refractivity contribution in [3.63, 3.8) is 0 Å². The van der Waals surface area contributed by atoms with E-state index in [4.69, 9.17) is 14.2 Å². The zero-order valence-electron chi connectivity index (χ0n) is 17.9. The second-order valence-electron chi connectivity index (χ2n) is 6.76. The normalized spacial score (nSPS) is 10.3. The van der Waals surface area contributed by atoms with Gasteiger partial charge in [-0.05, 0) is 55.5 Å². The number of anilines is 2. The van der Waals surface area contributed by atoms with E-state index < -0.39 is 0 Å². The molecule has 0 aromatic heterocycles. The van der Waals surface area contributed by atoms with Gasteiger partial charge in [-0.2, -0.15) is 0 Å². The van der Waals surface area contributed by atoms with Gasteiger partial charge in [0.2, 0.25) is 0 Å². The molecule has 166 valence electrons. The summed E-state index contributed by atoms with van der Waals surface area (Å²) in [6.07, 6.45) is 0. The van der Waals surface area contributed by atoms with Crippen LogP contribution in [0.1, 0.15) is 17.3 Å². The van der Waals surface area contributed by atoms with Gasteiger partial charge >= 0.3 is 0 Å². The van der Waals surface area contributed by atoms with E-state index in [9.17, 15) is 9.59 Å². The minimum absolute atomic E-state index is 0.114. The molecule has 2 N–H and O–H groups in total. The number of carbonyl (C=O) groups is 2. The van der Waals surface area contributed by atoms with Crippen LogP contribution in [0.25, 0.3) is 0 Å². The monoisotopic (exact) mass is 434 g/mol. The number of hydrogen-bond acceptors (Lipinski definition) is 5. The van der Waals surface area contributed by atoms with Crippen LogP contribution in [0.15, 0.2) is 78.9 Å². The topological polar surface area (TPSA) is 85.9 Å². The van der Waals surface area contributed by atoms with Crippen molar-refractivity contribution in [2.45, 2.75) is 6.92 Å². The molecule has 7 nitrogen and oxygen atoms in total. The van der Waals surface area contributed by atoms with Crippen molar-refractivity contribution >= 4 is 23.2 Å². The highest BCUT2D eigenvalue weighted by molar-refractivity contribution is 6.05. The molecule has 32 heavy (non-hydrogen) atoms. The predicted molar refractivity (Wildman–Crippen MR) is 123 cm³/mol. The summed E-state index contributed by atoms with van der Waals surface area (Å²) in [4.78, 5) is 24.8. The number of carbonyl (C=O) groups excluding carboxylic acids is 2. The second kappa shape index (κ2) is 12.1. The molecule has 0 spiro atoms. The fraction of sp³-hybridized carbons (Fsp3) is 0.200. The number of hydrogen-bond donors (Lipinski definition) is 2. The Labute approximate surface area is 187 Å². The average molecular weight is 434 g/mol. The van der Waals surface area contributed by atoms with Crippen LogP contribution in [0, 0.1) is 0 Å². The molecule has 0 aliphatic rings. The van der Waals surface area contributed by atoms with E-state index in [1.807, 2.05) is 25.1 Å². The highest BCUT2D eigenvalue weighted by atomic mass is 16.5. The van der Waals surface area contributed by atoms with Gasteiger partial charge < -0.3 is 24.8 Å². The fourth-order valence-corrected chi connectivity index (χ4v) is 2.83. The number of nitrogens with one attached hydrogen (secondary N) is 2. The third kappa shape index (κ3) is 7.45. The maximum atomic E-state index is 12.6. The molecule has 0 bridgehead atoms. The highest BCUT2D eigenvalue weighted by Gasteiger charge is 2.09. The van der Waals surface area contributed by atoms with Crippen LogP contribution in [0.5, 0.6) is 11.5 Å². The number of benzene rings is 3. The van der Waals surface area contributed by atoms with E-state index in [1.165, 1.54) is 0 Å². The molecule has 2 amide bonds. The van der Waals surface area contributed by atoms with Gasteiger partial charge in [0.1, 0.15) is 18.1 Å². The van der Waals surface area contributed by atoms with E-state index in [1.54, 1.807) is 60.7 Å². The van der Waals surface area contributed by atoms with Crippen molar-refractivity contribution in [3.05, 3.63) is 84.4 Å².